The van der Waals surface area contributed by atoms with Crippen LogP contribution in [-0.2, 0) is 0 Å². The first-order valence-corrected chi connectivity index (χ1v) is 11.4. The number of hydrogen-bond donors (Lipinski definition) is 0. The second-order valence-electron chi connectivity index (χ2n) is 9.23. The van der Waals surface area contributed by atoms with Gasteiger partial charge < -0.3 is 0 Å². The van der Waals surface area contributed by atoms with E-state index in [0.717, 1.165) is 33.4 Å². The number of rotatable bonds is 7. The van der Waals surface area contributed by atoms with Gasteiger partial charge in [0.25, 0.3) is 10.5 Å². The van der Waals surface area contributed by atoms with Crippen molar-refractivity contribution in [3.05, 3.63) is 57.6 Å². The first-order valence-electron chi connectivity index (χ1n) is 10.6. The third kappa shape index (κ3) is 4.98. The molecule has 0 heterocycles. The Morgan fingerprint density at radius 3 is 0.867 bits per heavy atom. The Balaban J connectivity index is 3.12. The molecule has 2 nitrogen and oxygen atoms in total. The molecule has 0 N–H and O–H groups in total. The number of hydrogen-bond acceptors (Lipinski definition) is 2. The summed E-state index contributed by atoms with van der Waals surface area (Å²) in [5.41, 5.74) is 7.75. The molecule has 2 rings (SSSR count). The molecule has 0 fully saturated rings. The average Bonchev–Trinajstić information content (AvgIpc) is 2.65. The number of halogens is 2. The van der Waals surface area contributed by atoms with Crippen molar-refractivity contribution in [3.8, 4) is 11.1 Å². The van der Waals surface area contributed by atoms with Crippen LogP contribution in [0, 0.1) is 0 Å². The summed E-state index contributed by atoms with van der Waals surface area (Å²) in [6.07, 6.45) is 0. The van der Waals surface area contributed by atoms with Crippen molar-refractivity contribution in [3.63, 3.8) is 0 Å². The molecule has 30 heavy (non-hydrogen) atoms. The first kappa shape index (κ1) is 24.6. The first-order chi connectivity index (χ1) is 13.9. The normalized spacial score (nSPS) is 11.8. The zero-order valence-corrected chi connectivity index (χ0v) is 20.7. The van der Waals surface area contributed by atoms with E-state index < -0.39 is 10.5 Å². The molecule has 2 aromatic carbocycles. The van der Waals surface area contributed by atoms with E-state index in [2.05, 4.69) is 55.4 Å². The van der Waals surface area contributed by atoms with E-state index >= 15 is 0 Å². The summed E-state index contributed by atoms with van der Waals surface area (Å²) in [6.45, 7) is 17.0. The van der Waals surface area contributed by atoms with Crippen LogP contribution in [0.2, 0.25) is 0 Å². The van der Waals surface area contributed by atoms with E-state index in [-0.39, 0.29) is 23.7 Å². The number of carbonyl (C=O) groups excluding carboxylic acids is 2. The molecule has 0 bridgehead atoms. The van der Waals surface area contributed by atoms with Gasteiger partial charge in [0.05, 0.1) is 0 Å². The molecule has 2 aromatic rings. The highest BCUT2D eigenvalue weighted by Crippen LogP contribution is 2.45. The van der Waals surface area contributed by atoms with E-state index in [0.29, 0.717) is 11.1 Å². The van der Waals surface area contributed by atoms with Crippen LogP contribution in [0.15, 0.2) is 24.3 Å². The third-order valence-electron chi connectivity index (χ3n) is 5.59. The maximum absolute atomic E-state index is 12.0. The molecule has 4 heteroatoms. The van der Waals surface area contributed by atoms with Crippen LogP contribution in [-0.4, -0.2) is 10.5 Å². The summed E-state index contributed by atoms with van der Waals surface area (Å²) in [7, 11) is 0. The third-order valence-corrected chi connectivity index (χ3v) is 6.03. The minimum absolute atomic E-state index is 0.197. The van der Waals surface area contributed by atoms with E-state index in [9.17, 15) is 9.59 Å². The molecule has 162 valence electrons. The molecule has 0 unspecified atom stereocenters. The van der Waals surface area contributed by atoms with E-state index in [1.807, 2.05) is 24.3 Å². The van der Waals surface area contributed by atoms with Crippen molar-refractivity contribution >= 4 is 33.7 Å². The molecule has 0 aliphatic heterocycles. The average molecular weight is 447 g/mol. The fraction of sp³-hybridized carbons (Fsp3) is 0.462. The van der Waals surface area contributed by atoms with Gasteiger partial charge >= 0.3 is 0 Å². The maximum atomic E-state index is 12.0. The monoisotopic (exact) mass is 446 g/mol. The lowest BCUT2D eigenvalue weighted by Gasteiger charge is -2.28. The highest BCUT2D eigenvalue weighted by molar-refractivity contribution is 6.68. The molecule has 0 radical (unpaired) electrons. The van der Waals surface area contributed by atoms with Gasteiger partial charge in [0.2, 0.25) is 0 Å². The van der Waals surface area contributed by atoms with Crippen LogP contribution >= 0.6 is 23.2 Å². The van der Waals surface area contributed by atoms with Gasteiger partial charge in [-0.2, -0.15) is 0 Å². The molecule has 0 saturated carbocycles. The Bertz CT molecular complexity index is 831. The van der Waals surface area contributed by atoms with Crippen molar-refractivity contribution in [2.45, 2.75) is 79.1 Å². The molecular weight excluding hydrogens is 415 g/mol. The summed E-state index contributed by atoms with van der Waals surface area (Å²) in [4.78, 5) is 24.1. The number of benzene rings is 2. The van der Waals surface area contributed by atoms with Crippen LogP contribution in [0.4, 0.5) is 0 Å². The largest absolute Gasteiger partial charge is 0.276 e. The van der Waals surface area contributed by atoms with Gasteiger partial charge in [0, 0.05) is 11.1 Å². The SMILES string of the molecule is CC(C)c1cc(C(=O)Cl)cc(C(C)C)c1-c1c(C(C)C)cc(C(=O)Cl)cc1C(C)C. The molecule has 0 aliphatic rings. The molecule has 0 atom stereocenters. The van der Waals surface area contributed by atoms with Crippen LogP contribution in [0.3, 0.4) is 0 Å². The van der Waals surface area contributed by atoms with E-state index in [4.69, 9.17) is 23.2 Å². The summed E-state index contributed by atoms with van der Waals surface area (Å²) in [5, 5.41) is -0.886. The van der Waals surface area contributed by atoms with Gasteiger partial charge in [-0.3, -0.25) is 9.59 Å². The molecule has 0 spiro atoms. The summed E-state index contributed by atoms with van der Waals surface area (Å²) in [5.74, 6) is 0.788. The fourth-order valence-electron chi connectivity index (χ4n) is 4.00. The van der Waals surface area contributed by atoms with Crippen molar-refractivity contribution < 1.29 is 9.59 Å². The Kier molecular flexibility index (Phi) is 7.93. The van der Waals surface area contributed by atoms with Gasteiger partial charge in [-0.15, -0.1) is 0 Å². The van der Waals surface area contributed by atoms with Crippen molar-refractivity contribution in [1.82, 2.24) is 0 Å². The van der Waals surface area contributed by atoms with Crippen LogP contribution in [0.5, 0.6) is 0 Å². The lowest BCUT2D eigenvalue weighted by Crippen LogP contribution is -2.10. The van der Waals surface area contributed by atoms with Crippen LogP contribution < -0.4 is 0 Å². The lowest BCUT2D eigenvalue weighted by molar-refractivity contribution is 0.107. The van der Waals surface area contributed by atoms with Crippen LogP contribution in [0.1, 0.15) is 122 Å². The van der Waals surface area contributed by atoms with Crippen molar-refractivity contribution in [2.24, 2.45) is 0 Å². The quantitative estimate of drug-likeness (QED) is 0.398. The standard InChI is InChI=1S/C26H32Cl2O2/c1-13(2)19-9-17(25(27)29)10-20(14(3)4)23(19)24-21(15(5)6)11-18(26(28)30)12-22(24)16(7)8/h9-16H,1-8H3. The second-order valence-corrected chi connectivity index (χ2v) is 9.91. The zero-order valence-electron chi connectivity index (χ0n) is 19.2. The van der Waals surface area contributed by atoms with Crippen LogP contribution in [0.25, 0.3) is 11.1 Å². The minimum Gasteiger partial charge on any atom is -0.276 e. The topological polar surface area (TPSA) is 34.1 Å². The zero-order chi connectivity index (χ0) is 22.9. The predicted octanol–water partition coefficient (Wildman–Crippen LogP) is 8.61. The van der Waals surface area contributed by atoms with Gasteiger partial charge in [-0.05, 0) is 105 Å². The highest BCUT2D eigenvalue weighted by atomic mass is 35.5. The summed E-state index contributed by atoms with van der Waals surface area (Å²) >= 11 is 11.8. The fourth-order valence-corrected chi connectivity index (χ4v) is 4.22. The molecule has 0 amide bonds. The molecule has 0 saturated heterocycles. The van der Waals surface area contributed by atoms with Gasteiger partial charge in [0.15, 0.2) is 0 Å². The smallest absolute Gasteiger partial charge is 0.252 e. The maximum Gasteiger partial charge on any atom is 0.252 e. The molecular formula is C26H32Cl2O2. The van der Waals surface area contributed by atoms with Gasteiger partial charge in [-0.1, -0.05) is 55.4 Å². The summed E-state index contributed by atoms with van der Waals surface area (Å²) in [6, 6.07) is 7.71. The van der Waals surface area contributed by atoms with E-state index in [1.165, 1.54) is 0 Å². The highest BCUT2D eigenvalue weighted by Gasteiger charge is 2.26. The Morgan fingerprint density at radius 2 is 0.733 bits per heavy atom. The van der Waals surface area contributed by atoms with Crippen molar-refractivity contribution in [2.75, 3.05) is 0 Å². The minimum atomic E-state index is -0.443. The molecule has 0 aromatic heterocycles. The van der Waals surface area contributed by atoms with E-state index in [1.54, 1.807) is 0 Å². The van der Waals surface area contributed by atoms with Gasteiger partial charge in [0.1, 0.15) is 0 Å². The van der Waals surface area contributed by atoms with Crippen molar-refractivity contribution in [1.29, 1.82) is 0 Å². The number of carbonyl (C=O) groups is 2. The Labute approximate surface area is 191 Å². The Morgan fingerprint density at radius 1 is 0.533 bits per heavy atom. The predicted molar refractivity (Wildman–Crippen MR) is 129 cm³/mol. The Hall–Kier alpha value is -1.64. The molecule has 0 aliphatic carbocycles. The lowest BCUT2D eigenvalue weighted by atomic mass is 9.76. The second kappa shape index (κ2) is 9.66. The van der Waals surface area contributed by atoms with Gasteiger partial charge in [-0.25, -0.2) is 0 Å². The summed E-state index contributed by atoms with van der Waals surface area (Å²) < 4.78 is 0.